The van der Waals surface area contributed by atoms with E-state index < -0.39 is 0 Å². The van der Waals surface area contributed by atoms with Gasteiger partial charge in [-0.15, -0.1) is 0 Å². The van der Waals surface area contributed by atoms with Gasteiger partial charge >= 0.3 is 0 Å². The van der Waals surface area contributed by atoms with Crippen molar-refractivity contribution in [1.82, 2.24) is 9.97 Å². The smallest absolute Gasteiger partial charge is 0.0703 e. The van der Waals surface area contributed by atoms with Crippen LogP contribution in [0.4, 0.5) is 5.69 Å². The van der Waals surface area contributed by atoms with Gasteiger partial charge in [-0.2, -0.15) is 0 Å². The Morgan fingerprint density at radius 1 is 0.952 bits per heavy atom. The number of fused-ring (bicyclic) bond motifs is 2. The van der Waals surface area contributed by atoms with Crippen LogP contribution in [0.5, 0.6) is 0 Å². The Morgan fingerprint density at radius 2 is 1.90 bits per heavy atom. The molecule has 2 aromatic carbocycles. The highest BCUT2D eigenvalue weighted by atomic mass is 14.9. The fourth-order valence-electron chi connectivity index (χ4n) is 2.68. The molecule has 21 heavy (non-hydrogen) atoms. The molecule has 0 aliphatic carbocycles. The number of aromatic nitrogens is 2. The number of hydrogen-bond acceptors (Lipinski definition) is 2. The van der Waals surface area contributed by atoms with E-state index in [4.69, 9.17) is 0 Å². The van der Waals surface area contributed by atoms with E-state index in [2.05, 4.69) is 57.7 Å². The fraction of sp³-hybridized carbons (Fsp3) is 0.0556. The van der Waals surface area contributed by atoms with Gasteiger partial charge in [0.25, 0.3) is 0 Å². The first-order chi connectivity index (χ1) is 10.4. The van der Waals surface area contributed by atoms with E-state index in [0.29, 0.717) is 0 Å². The van der Waals surface area contributed by atoms with Gasteiger partial charge in [-0.3, -0.25) is 4.98 Å². The molecule has 3 nitrogen and oxygen atoms in total. The summed E-state index contributed by atoms with van der Waals surface area (Å²) < 4.78 is 0. The molecule has 0 atom stereocenters. The molecule has 0 spiro atoms. The number of aromatic amines is 1. The second-order valence-electron chi connectivity index (χ2n) is 5.12. The first-order valence-electron chi connectivity index (χ1n) is 7.04. The third kappa shape index (κ3) is 2.23. The van der Waals surface area contributed by atoms with Crippen LogP contribution in [0.3, 0.4) is 0 Å². The largest absolute Gasteiger partial charge is 0.381 e. The molecule has 0 bridgehead atoms. The maximum atomic E-state index is 4.34. The first kappa shape index (κ1) is 12.0. The molecule has 2 N–H and O–H groups in total. The van der Waals surface area contributed by atoms with Crippen LogP contribution in [-0.2, 0) is 6.54 Å². The third-order valence-corrected chi connectivity index (χ3v) is 3.76. The lowest BCUT2D eigenvalue weighted by Gasteiger charge is -2.08. The van der Waals surface area contributed by atoms with Crippen molar-refractivity contribution in [1.29, 1.82) is 0 Å². The summed E-state index contributed by atoms with van der Waals surface area (Å²) in [5.74, 6) is 0. The Kier molecular flexibility index (Phi) is 2.82. The van der Waals surface area contributed by atoms with Crippen molar-refractivity contribution < 1.29 is 0 Å². The Bertz CT molecular complexity index is 908. The number of hydrogen-bond donors (Lipinski definition) is 2. The molecule has 2 heterocycles. The van der Waals surface area contributed by atoms with Gasteiger partial charge < -0.3 is 10.3 Å². The summed E-state index contributed by atoms with van der Waals surface area (Å²) >= 11 is 0. The quantitative estimate of drug-likeness (QED) is 0.583. The van der Waals surface area contributed by atoms with Crippen molar-refractivity contribution in [3.05, 3.63) is 72.6 Å². The topological polar surface area (TPSA) is 40.7 Å². The van der Waals surface area contributed by atoms with Crippen molar-refractivity contribution >= 4 is 27.5 Å². The summed E-state index contributed by atoms with van der Waals surface area (Å²) in [4.78, 5) is 7.65. The van der Waals surface area contributed by atoms with Crippen LogP contribution in [0.15, 0.2) is 67.0 Å². The highest BCUT2D eigenvalue weighted by Crippen LogP contribution is 2.20. The summed E-state index contributed by atoms with van der Waals surface area (Å²) in [7, 11) is 0. The van der Waals surface area contributed by atoms with E-state index in [-0.39, 0.29) is 0 Å². The lowest BCUT2D eigenvalue weighted by atomic mass is 10.1. The van der Waals surface area contributed by atoms with Crippen molar-refractivity contribution in [2.75, 3.05) is 5.32 Å². The van der Waals surface area contributed by atoms with Crippen LogP contribution in [0.1, 0.15) is 5.56 Å². The van der Waals surface area contributed by atoms with Crippen LogP contribution in [0.25, 0.3) is 21.8 Å². The summed E-state index contributed by atoms with van der Waals surface area (Å²) in [6.07, 6.45) is 3.80. The molecule has 4 rings (SSSR count). The Morgan fingerprint density at radius 3 is 2.90 bits per heavy atom. The van der Waals surface area contributed by atoms with Gasteiger partial charge in [-0.1, -0.05) is 24.3 Å². The van der Waals surface area contributed by atoms with Gasteiger partial charge in [0.1, 0.15) is 0 Å². The second kappa shape index (κ2) is 4.94. The highest BCUT2D eigenvalue weighted by molar-refractivity contribution is 5.84. The third-order valence-electron chi connectivity index (χ3n) is 3.76. The summed E-state index contributed by atoms with van der Waals surface area (Å²) in [6, 6.07) is 18.8. The SMILES string of the molecule is c1cnc2ccc(NCc3cccc4cc[nH]c34)cc2c1. The molecule has 0 radical (unpaired) electrons. The number of H-pyrrole nitrogens is 1. The van der Waals surface area contributed by atoms with E-state index in [1.54, 1.807) is 0 Å². The monoisotopic (exact) mass is 273 g/mol. The molecule has 4 aromatic rings. The molecular weight excluding hydrogens is 258 g/mol. The molecule has 0 aliphatic heterocycles. The van der Waals surface area contributed by atoms with E-state index in [9.17, 15) is 0 Å². The number of nitrogens with zero attached hydrogens (tertiary/aromatic N) is 1. The summed E-state index contributed by atoms with van der Waals surface area (Å²) in [5.41, 5.74) is 4.60. The molecule has 0 fully saturated rings. The summed E-state index contributed by atoms with van der Waals surface area (Å²) in [5, 5.41) is 5.89. The lowest BCUT2D eigenvalue weighted by Crippen LogP contribution is -2.00. The minimum absolute atomic E-state index is 0.795. The minimum Gasteiger partial charge on any atom is -0.381 e. The molecule has 0 amide bonds. The van der Waals surface area contributed by atoms with Crippen molar-refractivity contribution in [3.8, 4) is 0 Å². The average molecular weight is 273 g/mol. The Balaban J connectivity index is 1.61. The average Bonchev–Trinajstić information content (AvgIpc) is 3.02. The van der Waals surface area contributed by atoms with Gasteiger partial charge in [0, 0.05) is 30.0 Å². The van der Waals surface area contributed by atoms with E-state index in [1.165, 1.54) is 16.5 Å². The minimum atomic E-state index is 0.795. The molecular formula is C18H15N3. The zero-order valence-electron chi connectivity index (χ0n) is 11.5. The number of benzene rings is 2. The number of pyridine rings is 1. The highest BCUT2D eigenvalue weighted by Gasteiger charge is 2.02. The number of nitrogens with one attached hydrogen (secondary N) is 2. The Labute approximate surface area is 122 Å². The molecule has 2 aromatic heterocycles. The van der Waals surface area contributed by atoms with Gasteiger partial charge in [0.2, 0.25) is 0 Å². The zero-order valence-corrected chi connectivity index (χ0v) is 11.5. The first-order valence-corrected chi connectivity index (χ1v) is 7.04. The van der Waals surface area contributed by atoms with Crippen LogP contribution in [0, 0.1) is 0 Å². The number of anilines is 1. The fourth-order valence-corrected chi connectivity index (χ4v) is 2.68. The van der Waals surface area contributed by atoms with Crippen molar-refractivity contribution in [2.45, 2.75) is 6.54 Å². The maximum absolute atomic E-state index is 4.34. The Hall–Kier alpha value is -2.81. The maximum Gasteiger partial charge on any atom is 0.0703 e. The molecule has 0 unspecified atom stereocenters. The van der Waals surface area contributed by atoms with Gasteiger partial charge in [0.05, 0.1) is 11.0 Å². The molecule has 3 heteroatoms. The summed E-state index contributed by atoms with van der Waals surface area (Å²) in [6.45, 7) is 0.795. The second-order valence-corrected chi connectivity index (χ2v) is 5.12. The normalized spacial score (nSPS) is 11.0. The predicted molar refractivity (Wildman–Crippen MR) is 87.4 cm³/mol. The standard InChI is InChI=1S/C18H15N3/c1-3-13-8-10-20-18(13)15(4-1)12-21-16-6-7-17-14(11-16)5-2-9-19-17/h1-11,20-21H,12H2. The number of rotatable bonds is 3. The molecule has 0 saturated heterocycles. The van der Waals surface area contributed by atoms with Crippen LogP contribution in [0.2, 0.25) is 0 Å². The predicted octanol–water partition coefficient (Wildman–Crippen LogP) is 4.33. The van der Waals surface area contributed by atoms with Gasteiger partial charge in [-0.25, -0.2) is 0 Å². The van der Waals surface area contributed by atoms with Crippen molar-refractivity contribution in [2.24, 2.45) is 0 Å². The van der Waals surface area contributed by atoms with E-state index >= 15 is 0 Å². The molecule has 0 aliphatic rings. The lowest BCUT2D eigenvalue weighted by molar-refractivity contribution is 1.16. The van der Waals surface area contributed by atoms with E-state index in [0.717, 1.165) is 23.1 Å². The number of para-hydroxylation sites is 1. The van der Waals surface area contributed by atoms with Crippen molar-refractivity contribution in [3.63, 3.8) is 0 Å². The van der Waals surface area contributed by atoms with Crippen LogP contribution >= 0.6 is 0 Å². The molecule has 0 saturated carbocycles. The van der Waals surface area contributed by atoms with Crippen LogP contribution < -0.4 is 5.32 Å². The van der Waals surface area contributed by atoms with Crippen LogP contribution in [-0.4, -0.2) is 9.97 Å². The zero-order chi connectivity index (χ0) is 14.1. The van der Waals surface area contributed by atoms with Gasteiger partial charge in [-0.05, 0) is 41.3 Å². The van der Waals surface area contributed by atoms with E-state index in [1.807, 2.05) is 24.5 Å². The van der Waals surface area contributed by atoms with Gasteiger partial charge in [0.15, 0.2) is 0 Å². The molecule has 102 valence electrons.